The fraction of sp³-hybridized carbons (Fsp3) is 0.562. The molecule has 6 rings (SSSR count). The zero-order chi connectivity index (χ0) is 28.8. The third kappa shape index (κ3) is 9.20. The summed E-state index contributed by atoms with van der Waals surface area (Å²) >= 11 is 11.9. The van der Waals surface area contributed by atoms with Gasteiger partial charge in [0.25, 0.3) is 0 Å². The Labute approximate surface area is 247 Å². The van der Waals surface area contributed by atoms with Gasteiger partial charge in [0.1, 0.15) is 0 Å². The second-order valence-corrected chi connectivity index (χ2v) is 12.7. The molecule has 2 aliphatic heterocycles. The highest BCUT2D eigenvalue weighted by molar-refractivity contribution is 6.30. The predicted octanol–water partition coefficient (Wildman–Crippen LogP) is 7.10. The fourth-order valence-electron chi connectivity index (χ4n) is 6.14. The molecular formula is C32H42Cl2N2O4. The Hall–Kier alpha value is -2.12. The van der Waals surface area contributed by atoms with E-state index < -0.39 is 11.9 Å². The number of aliphatic carboxylic acids is 2. The molecule has 2 saturated heterocycles. The number of carboxylic acids is 2. The molecular weight excluding hydrogens is 547 g/mol. The molecule has 4 fully saturated rings. The van der Waals surface area contributed by atoms with E-state index in [4.69, 9.17) is 33.4 Å². The van der Waals surface area contributed by atoms with Crippen molar-refractivity contribution in [2.24, 2.45) is 11.8 Å². The largest absolute Gasteiger partial charge is 0.481 e. The van der Waals surface area contributed by atoms with E-state index in [1.807, 2.05) is 24.3 Å². The lowest BCUT2D eigenvalue weighted by Gasteiger charge is -2.14. The standard InChI is InChI=1S/2C14H18ClN.C4H6O4/c2*1-9-13(8-14(16-9)11-2-3-11)10-4-6-12(15)7-5-10;5-3(6)1-2-4(7)8/h2*4-7,9,11,13-14,16H,2-3,8H2,1H3;1-2H2,(H,5,6)(H,7,8). The first-order chi connectivity index (χ1) is 19.1. The van der Waals surface area contributed by atoms with Crippen LogP contribution in [0.2, 0.25) is 10.0 Å². The van der Waals surface area contributed by atoms with Crippen molar-refractivity contribution in [1.29, 1.82) is 0 Å². The molecule has 4 aliphatic rings. The van der Waals surface area contributed by atoms with Crippen LogP contribution in [-0.2, 0) is 9.59 Å². The van der Waals surface area contributed by atoms with Gasteiger partial charge in [-0.25, -0.2) is 0 Å². The molecule has 0 aromatic heterocycles. The van der Waals surface area contributed by atoms with Crippen molar-refractivity contribution >= 4 is 35.1 Å². The number of carboxylic acid groups (broad SMARTS) is 2. The second-order valence-electron chi connectivity index (χ2n) is 11.9. The number of hydrogen-bond donors (Lipinski definition) is 4. The lowest BCUT2D eigenvalue weighted by Crippen LogP contribution is -2.29. The van der Waals surface area contributed by atoms with E-state index in [0.29, 0.717) is 23.9 Å². The maximum atomic E-state index is 9.64. The molecule has 6 unspecified atom stereocenters. The Morgan fingerprint density at radius 3 is 1.27 bits per heavy atom. The van der Waals surface area contributed by atoms with Gasteiger partial charge < -0.3 is 20.8 Å². The Balaban J connectivity index is 0.000000148. The monoisotopic (exact) mass is 588 g/mol. The molecule has 2 saturated carbocycles. The molecule has 2 heterocycles. The van der Waals surface area contributed by atoms with E-state index in [1.54, 1.807) is 0 Å². The van der Waals surface area contributed by atoms with E-state index in [0.717, 1.165) is 34.0 Å². The van der Waals surface area contributed by atoms with Crippen molar-refractivity contribution in [3.63, 3.8) is 0 Å². The summed E-state index contributed by atoms with van der Waals surface area (Å²) in [6, 6.07) is 19.5. The van der Waals surface area contributed by atoms with Gasteiger partial charge in [-0.3, -0.25) is 9.59 Å². The normalized spacial score (nSPS) is 29.1. The summed E-state index contributed by atoms with van der Waals surface area (Å²) in [6.45, 7) is 4.61. The molecule has 0 bridgehead atoms. The first-order valence-corrected chi connectivity index (χ1v) is 15.3. The summed E-state index contributed by atoms with van der Waals surface area (Å²) in [6.07, 6.45) is 7.72. The molecule has 0 amide bonds. The molecule has 218 valence electrons. The molecule has 8 heteroatoms. The van der Waals surface area contributed by atoms with Gasteiger partial charge in [-0.1, -0.05) is 47.5 Å². The topological polar surface area (TPSA) is 98.7 Å². The van der Waals surface area contributed by atoms with Crippen molar-refractivity contribution in [1.82, 2.24) is 10.6 Å². The molecule has 0 radical (unpaired) electrons. The highest BCUT2D eigenvalue weighted by atomic mass is 35.5. The van der Waals surface area contributed by atoms with E-state index in [9.17, 15) is 9.59 Å². The molecule has 0 spiro atoms. The maximum Gasteiger partial charge on any atom is 0.303 e. The molecule has 6 nitrogen and oxygen atoms in total. The van der Waals surface area contributed by atoms with Gasteiger partial charge in [0.2, 0.25) is 0 Å². The van der Waals surface area contributed by atoms with Crippen molar-refractivity contribution in [2.45, 2.75) is 101 Å². The number of rotatable bonds is 7. The van der Waals surface area contributed by atoms with E-state index in [2.05, 4.69) is 48.7 Å². The van der Waals surface area contributed by atoms with Crippen LogP contribution in [0, 0.1) is 11.8 Å². The van der Waals surface area contributed by atoms with Crippen LogP contribution in [0.4, 0.5) is 0 Å². The minimum atomic E-state index is -1.08. The average Bonchev–Trinajstić information content (AvgIpc) is 3.86. The van der Waals surface area contributed by atoms with Crippen LogP contribution in [0.15, 0.2) is 48.5 Å². The van der Waals surface area contributed by atoms with Crippen molar-refractivity contribution in [3.05, 3.63) is 69.7 Å². The van der Waals surface area contributed by atoms with Crippen LogP contribution in [-0.4, -0.2) is 46.3 Å². The van der Waals surface area contributed by atoms with Crippen LogP contribution >= 0.6 is 23.2 Å². The molecule has 2 aromatic carbocycles. The van der Waals surface area contributed by atoms with E-state index >= 15 is 0 Å². The van der Waals surface area contributed by atoms with Crippen LogP contribution in [0.25, 0.3) is 0 Å². The first kappa shape index (κ1) is 30.8. The SMILES string of the molecule is CC1NC(C2CC2)CC1c1ccc(Cl)cc1.CC1NC(C2CC2)CC1c1ccc(Cl)cc1.O=C(O)CCC(=O)O. The van der Waals surface area contributed by atoms with Crippen molar-refractivity contribution in [2.75, 3.05) is 0 Å². The van der Waals surface area contributed by atoms with Gasteiger partial charge in [-0.15, -0.1) is 0 Å². The Morgan fingerprint density at radius 2 is 1.00 bits per heavy atom. The summed E-state index contributed by atoms with van der Waals surface area (Å²) in [5.41, 5.74) is 2.88. The summed E-state index contributed by atoms with van der Waals surface area (Å²) in [7, 11) is 0. The van der Waals surface area contributed by atoms with Crippen LogP contribution < -0.4 is 10.6 Å². The third-order valence-electron chi connectivity index (χ3n) is 8.71. The lowest BCUT2D eigenvalue weighted by atomic mass is 9.91. The quantitative estimate of drug-likeness (QED) is 0.275. The Kier molecular flexibility index (Phi) is 10.9. The van der Waals surface area contributed by atoms with Gasteiger partial charge in [0.15, 0.2) is 0 Å². The predicted molar refractivity (Wildman–Crippen MR) is 160 cm³/mol. The summed E-state index contributed by atoms with van der Waals surface area (Å²) < 4.78 is 0. The van der Waals surface area contributed by atoms with Gasteiger partial charge in [-0.2, -0.15) is 0 Å². The molecule has 6 atom stereocenters. The maximum absolute atomic E-state index is 9.64. The summed E-state index contributed by atoms with van der Waals surface area (Å²) in [5.74, 6) is 1.10. The number of hydrogen-bond acceptors (Lipinski definition) is 4. The molecule has 4 N–H and O–H groups in total. The summed E-state index contributed by atoms with van der Waals surface area (Å²) in [5, 5.41) is 25.0. The van der Waals surface area contributed by atoms with Crippen LogP contribution in [0.3, 0.4) is 0 Å². The molecule has 2 aromatic rings. The molecule has 40 heavy (non-hydrogen) atoms. The van der Waals surface area contributed by atoms with E-state index in [1.165, 1.54) is 49.7 Å². The van der Waals surface area contributed by atoms with Gasteiger partial charge in [-0.05, 0) is 99.6 Å². The van der Waals surface area contributed by atoms with Crippen molar-refractivity contribution < 1.29 is 19.8 Å². The Bertz CT molecular complexity index is 1030. The smallest absolute Gasteiger partial charge is 0.303 e. The summed E-state index contributed by atoms with van der Waals surface area (Å²) in [4.78, 5) is 19.3. The number of carbonyl (C=O) groups is 2. The zero-order valence-electron chi connectivity index (χ0n) is 23.4. The first-order valence-electron chi connectivity index (χ1n) is 14.6. The van der Waals surface area contributed by atoms with Gasteiger partial charge in [0.05, 0.1) is 12.8 Å². The number of halogens is 2. The number of nitrogens with one attached hydrogen (secondary N) is 2. The lowest BCUT2D eigenvalue weighted by molar-refractivity contribution is -0.143. The van der Waals surface area contributed by atoms with Gasteiger partial charge in [0, 0.05) is 46.0 Å². The molecule has 2 aliphatic carbocycles. The minimum absolute atomic E-state index is 0.296. The zero-order valence-corrected chi connectivity index (χ0v) is 24.9. The highest BCUT2D eigenvalue weighted by Gasteiger charge is 2.41. The van der Waals surface area contributed by atoms with Crippen molar-refractivity contribution in [3.8, 4) is 0 Å². The Morgan fingerprint density at radius 1 is 0.675 bits per heavy atom. The van der Waals surface area contributed by atoms with Crippen LogP contribution in [0.5, 0.6) is 0 Å². The average molecular weight is 590 g/mol. The fourth-order valence-corrected chi connectivity index (χ4v) is 6.39. The van der Waals surface area contributed by atoms with E-state index in [-0.39, 0.29) is 12.8 Å². The van der Waals surface area contributed by atoms with Gasteiger partial charge >= 0.3 is 11.9 Å². The second kappa shape index (κ2) is 14.2. The minimum Gasteiger partial charge on any atom is -0.481 e. The highest BCUT2D eigenvalue weighted by Crippen LogP contribution is 2.43. The number of benzene rings is 2. The third-order valence-corrected chi connectivity index (χ3v) is 9.21. The van der Waals surface area contributed by atoms with Crippen LogP contribution in [0.1, 0.15) is 88.2 Å².